The van der Waals surface area contributed by atoms with Crippen molar-refractivity contribution in [2.75, 3.05) is 12.4 Å². The second-order valence-electron chi connectivity index (χ2n) is 3.05. The second kappa shape index (κ2) is 4.08. The first-order valence-electron chi connectivity index (χ1n) is 4.50. The summed E-state index contributed by atoms with van der Waals surface area (Å²) < 4.78 is 1.11. The molecule has 0 bridgehead atoms. The lowest BCUT2D eigenvalue weighted by Gasteiger charge is -2.10. The van der Waals surface area contributed by atoms with Gasteiger partial charge in [-0.3, -0.25) is 4.98 Å². The maximum absolute atomic E-state index is 11.4. The smallest absolute Gasteiger partial charge is 0.355 e. The van der Waals surface area contributed by atoms with Gasteiger partial charge in [0, 0.05) is 13.1 Å². The Labute approximate surface area is 81.0 Å². The standard InChI is InChI=1S/C8H14N4O2/c1-4-5(2)12-7(13)10-6(9-3)11-8(12)14/h5H,4H2,1-3H3,(H2,9,10,11,13,14). The quantitative estimate of drug-likeness (QED) is 0.713. The minimum atomic E-state index is -0.521. The predicted molar refractivity (Wildman–Crippen MR) is 53.7 cm³/mol. The van der Waals surface area contributed by atoms with Crippen LogP contribution >= 0.6 is 0 Å². The van der Waals surface area contributed by atoms with Gasteiger partial charge in [0.15, 0.2) is 0 Å². The van der Waals surface area contributed by atoms with E-state index in [2.05, 4.69) is 15.3 Å². The molecule has 1 rings (SSSR count). The fraction of sp³-hybridized carbons (Fsp3) is 0.625. The molecule has 1 aromatic rings. The molecule has 0 saturated heterocycles. The van der Waals surface area contributed by atoms with Crippen LogP contribution < -0.4 is 16.7 Å². The topological polar surface area (TPSA) is 79.8 Å². The summed E-state index contributed by atoms with van der Waals surface area (Å²) in [6.07, 6.45) is 0.712. The summed E-state index contributed by atoms with van der Waals surface area (Å²) in [5, 5.41) is 2.61. The molecule has 1 heterocycles. The molecular formula is C8H14N4O2. The predicted octanol–water partition coefficient (Wildman–Crippen LogP) is -0.0557. The van der Waals surface area contributed by atoms with Crippen LogP contribution in [0, 0.1) is 0 Å². The van der Waals surface area contributed by atoms with Crippen LogP contribution in [0.4, 0.5) is 5.95 Å². The lowest BCUT2D eigenvalue weighted by atomic mass is 10.3. The number of aromatic amines is 1. The van der Waals surface area contributed by atoms with Crippen molar-refractivity contribution in [3.8, 4) is 0 Å². The molecule has 1 unspecified atom stereocenters. The van der Waals surface area contributed by atoms with Gasteiger partial charge in [-0.2, -0.15) is 4.98 Å². The van der Waals surface area contributed by atoms with Crippen molar-refractivity contribution in [2.45, 2.75) is 26.3 Å². The van der Waals surface area contributed by atoms with Gasteiger partial charge in [-0.1, -0.05) is 6.92 Å². The van der Waals surface area contributed by atoms with Gasteiger partial charge in [-0.15, -0.1) is 0 Å². The fourth-order valence-corrected chi connectivity index (χ4v) is 1.12. The summed E-state index contributed by atoms with van der Waals surface area (Å²) in [5.41, 5.74) is -0.948. The number of hydrogen-bond acceptors (Lipinski definition) is 4. The Kier molecular flexibility index (Phi) is 3.06. The van der Waals surface area contributed by atoms with Crippen molar-refractivity contribution in [3.05, 3.63) is 21.0 Å². The summed E-state index contributed by atoms with van der Waals surface area (Å²) in [6.45, 7) is 3.71. The van der Waals surface area contributed by atoms with Gasteiger partial charge >= 0.3 is 11.4 Å². The van der Waals surface area contributed by atoms with E-state index in [0.717, 1.165) is 4.57 Å². The Hall–Kier alpha value is -1.59. The summed E-state index contributed by atoms with van der Waals surface area (Å²) in [7, 11) is 1.59. The fourth-order valence-electron chi connectivity index (χ4n) is 1.12. The van der Waals surface area contributed by atoms with Crippen LogP contribution in [0.5, 0.6) is 0 Å². The van der Waals surface area contributed by atoms with Crippen LogP contribution in [0.3, 0.4) is 0 Å². The van der Waals surface area contributed by atoms with Crippen LogP contribution in [0.2, 0.25) is 0 Å². The van der Waals surface area contributed by atoms with Crippen molar-refractivity contribution >= 4 is 5.95 Å². The summed E-state index contributed by atoms with van der Waals surface area (Å²) in [4.78, 5) is 29.0. The largest absolute Gasteiger partial charge is 0.359 e. The third-order valence-electron chi connectivity index (χ3n) is 2.13. The lowest BCUT2D eigenvalue weighted by molar-refractivity contribution is 0.478. The Morgan fingerprint density at radius 1 is 1.57 bits per heavy atom. The van der Waals surface area contributed by atoms with Gasteiger partial charge in [0.2, 0.25) is 5.95 Å². The van der Waals surface area contributed by atoms with E-state index < -0.39 is 11.4 Å². The zero-order valence-electron chi connectivity index (χ0n) is 8.50. The average molecular weight is 198 g/mol. The van der Waals surface area contributed by atoms with Crippen LogP contribution in [-0.4, -0.2) is 21.6 Å². The Balaban J connectivity index is 3.33. The zero-order valence-corrected chi connectivity index (χ0v) is 8.50. The SMILES string of the molecule is CCC(C)n1c(=O)nc(NC)[nH]c1=O. The van der Waals surface area contributed by atoms with Crippen LogP contribution in [0.25, 0.3) is 0 Å². The maximum Gasteiger partial charge on any atom is 0.355 e. The molecule has 0 aliphatic heterocycles. The molecule has 0 radical (unpaired) electrons. The Morgan fingerprint density at radius 3 is 2.64 bits per heavy atom. The first kappa shape index (κ1) is 10.5. The van der Waals surface area contributed by atoms with E-state index in [-0.39, 0.29) is 12.0 Å². The van der Waals surface area contributed by atoms with E-state index in [1.54, 1.807) is 14.0 Å². The van der Waals surface area contributed by atoms with Crippen molar-refractivity contribution in [2.24, 2.45) is 0 Å². The number of anilines is 1. The minimum absolute atomic E-state index is 0.135. The first-order chi connectivity index (χ1) is 6.60. The summed E-state index contributed by atoms with van der Waals surface area (Å²) in [5.74, 6) is 0.194. The minimum Gasteiger partial charge on any atom is -0.359 e. The van der Waals surface area contributed by atoms with E-state index in [4.69, 9.17) is 0 Å². The number of rotatable bonds is 3. The second-order valence-corrected chi connectivity index (χ2v) is 3.05. The average Bonchev–Trinajstić information content (AvgIpc) is 2.16. The van der Waals surface area contributed by atoms with Crippen LogP contribution in [0.1, 0.15) is 26.3 Å². The number of H-pyrrole nitrogens is 1. The molecule has 6 nitrogen and oxygen atoms in total. The highest BCUT2D eigenvalue weighted by atomic mass is 16.2. The molecule has 1 atom stereocenters. The third-order valence-corrected chi connectivity index (χ3v) is 2.13. The Morgan fingerprint density at radius 2 is 2.21 bits per heavy atom. The summed E-state index contributed by atoms with van der Waals surface area (Å²) in [6, 6.07) is -0.135. The van der Waals surface area contributed by atoms with E-state index in [0.29, 0.717) is 6.42 Å². The maximum atomic E-state index is 11.4. The molecule has 6 heteroatoms. The molecule has 14 heavy (non-hydrogen) atoms. The van der Waals surface area contributed by atoms with E-state index in [1.807, 2.05) is 6.92 Å². The number of aromatic nitrogens is 3. The molecule has 0 aliphatic rings. The van der Waals surface area contributed by atoms with Gasteiger partial charge in [0.05, 0.1) is 0 Å². The normalized spacial score (nSPS) is 12.5. The molecule has 0 fully saturated rings. The van der Waals surface area contributed by atoms with Crippen molar-refractivity contribution in [1.29, 1.82) is 0 Å². The lowest BCUT2D eigenvalue weighted by Crippen LogP contribution is -2.39. The molecule has 0 aliphatic carbocycles. The van der Waals surface area contributed by atoms with Crippen molar-refractivity contribution in [1.82, 2.24) is 14.5 Å². The van der Waals surface area contributed by atoms with Crippen LogP contribution in [0.15, 0.2) is 9.59 Å². The highest BCUT2D eigenvalue weighted by molar-refractivity contribution is 5.18. The third kappa shape index (κ3) is 1.84. The highest BCUT2D eigenvalue weighted by Gasteiger charge is 2.09. The molecule has 0 amide bonds. The van der Waals surface area contributed by atoms with E-state index >= 15 is 0 Å². The molecule has 0 aromatic carbocycles. The van der Waals surface area contributed by atoms with Crippen molar-refractivity contribution in [3.63, 3.8) is 0 Å². The monoisotopic (exact) mass is 198 g/mol. The van der Waals surface area contributed by atoms with Gasteiger partial charge in [0.1, 0.15) is 0 Å². The van der Waals surface area contributed by atoms with E-state index in [9.17, 15) is 9.59 Å². The van der Waals surface area contributed by atoms with Gasteiger partial charge in [-0.05, 0) is 13.3 Å². The van der Waals surface area contributed by atoms with Gasteiger partial charge in [0.25, 0.3) is 0 Å². The van der Waals surface area contributed by atoms with Gasteiger partial charge in [-0.25, -0.2) is 14.2 Å². The summed E-state index contributed by atoms with van der Waals surface area (Å²) >= 11 is 0. The molecule has 2 N–H and O–H groups in total. The van der Waals surface area contributed by atoms with Crippen molar-refractivity contribution < 1.29 is 0 Å². The highest BCUT2D eigenvalue weighted by Crippen LogP contribution is 2.02. The number of nitrogens with one attached hydrogen (secondary N) is 2. The number of hydrogen-bond donors (Lipinski definition) is 2. The molecular weight excluding hydrogens is 184 g/mol. The zero-order chi connectivity index (χ0) is 10.7. The number of nitrogens with zero attached hydrogens (tertiary/aromatic N) is 2. The van der Waals surface area contributed by atoms with Gasteiger partial charge < -0.3 is 5.32 Å². The molecule has 0 saturated carbocycles. The van der Waals surface area contributed by atoms with Crippen LogP contribution in [-0.2, 0) is 0 Å². The molecule has 78 valence electrons. The Bertz CT molecular complexity index is 389. The molecule has 1 aromatic heterocycles. The molecule has 0 spiro atoms. The first-order valence-corrected chi connectivity index (χ1v) is 4.50. The van der Waals surface area contributed by atoms with E-state index in [1.165, 1.54) is 0 Å².